The number of rotatable bonds is 8. The van der Waals surface area contributed by atoms with E-state index in [1.165, 1.54) is 4.57 Å². The molecule has 31 heavy (non-hydrogen) atoms. The monoisotopic (exact) mass is 415 g/mol. The first-order valence-corrected chi connectivity index (χ1v) is 10.3. The Kier molecular flexibility index (Phi) is 6.99. The summed E-state index contributed by atoms with van der Waals surface area (Å²) in [6.45, 7) is 3.35. The number of hydrogen-bond donors (Lipinski definition) is 1. The second-order valence-corrected chi connectivity index (χ2v) is 7.50. The molecule has 0 bridgehead atoms. The molecule has 0 amide bonds. The highest BCUT2D eigenvalue weighted by molar-refractivity contribution is 5.70. The number of carbonyl (C=O) groups is 1. The van der Waals surface area contributed by atoms with Gasteiger partial charge in [-0.3, -0.25) is 14.2 Å². The summed E-state index contributed by atoms with van der Waals surface area (Å²) in [7, 11) is 0. The maximum absolute atomic E-state index is 13.1. The van der Waals surface area contributed by atoms with Crippen molar-refractivity contribution in [1.82, 2.24) is 9.55 Å². The number of hydrogen-bond acceptors (Lipinski definition) is 4. The molecule has 6 nitrogen and oxygen atoms in total. The largest absolute Gasteiger partial charge is 0.480 e. The van der Waals surface area contributed by atoms with E-state index in [-0.39, 0.29) is 5.56 Å². The van der Waals surface area contributed by atoms with Crippen molar-refractivity contribution >= 4 is 5.97 Å². The first kappa shape index (κ1) is 22.0. The molecule has 1 aromatic heterocycles. The van der Waals surface area contributed by atoms with Crippen LogP contribution in [0, 0.1) is 18.3 Å². The zero-order valence-corrected chi connectivity index (χ0v) is 17.8. The van der Waals surface area contributed by atoms with Crippen LogP contribution in [-0.4, -0.2) is 20.6 Å². The van der Waals surface area contributed by atoms with Crippen molar-refractivity contribution in [2.24, 2.45) is 0 Å². The normalized spacial score (nSPS) is 10.6. The van der Waals surface area contributed by atoms with Gasteiger partial charge in [-0.05, 0) is 42.5 Å². The Morgan fingerprint density at radius 3 is 2.52 bits per heavy atom. The Labute approximate surface area is 181 Å². The summed E-state index contributed by atoms with van der Waals surface area (Å²) in [5, 5.41) is 18.5. The Morgan fingerprint density at radius 2 is 1.87 bits per heavy atom. The first-order chi connectivity index (χ1) is 14.9. The van der Waals surface area contributed by atoms with Gasteiger partial charge >= 0.3 is 5.97 Å². The van der Waals surface area contributed by atoms with Gasteiger partial charge in [-0.2, -0.15) is 5.26 Å². The summed E-state index contributed by atoms with van der Waals surface area (Å²) in [6.07, 6.45) is 2.95. The number of carboxylic acids is 1. The van der Waals surface area contributed by atoms with Crippen LogP contribution in [-0.2, 0) is 24.2 Å². The molecule has 0 unspecified atom stereocenters. The topological polar surface area (TPSA) is 96.0 Å². The van der Waals surface area contributed by atoms with E-state index in [9.17, 15) is 20.0 Å². The molecule has 0 fully saturated rings. The number of nitrogens with zero attached hydrogens (tertiary/aromatic N) is 3. The minimum atomic E-state index is -1.07. The molecule has 3 aromatic rings. The van der Waals surface area contributed by atoms with Crippen molar-refractivity contribution in [1.29, 1.82) is 5.26 Å². The lowest BCUT2D eigenvalue weighted by Gasteiger charge is -2.14. The van der Waals surface area contributed by atoms with Gasteiger partial charge in [0.15, 0.2) is 0 Å². The van der Waals surface area contributed by atoms with Gasteiger partial charge < -0.3 is 5.11 Å². The van der Waals surface area contributed by atoms with Gasteiger partial charge in [0.2, 0.25) is 0 Å². The van der Waals surface area contributed by atoms with Crippen molar-refractivity contribution in [3.63, 3.8) is 0 Å². The Balaban J connectivity index is 1.98. The molecule has 0 aliphatic rings. The Bertz CT molecular complexity index is 1190. The van der Waals surface area contributed by atoms with E-state index >= 15 is 0 Å². The van der Waals surface area contributed by atoms with Crippen molar-refractivity contribution < 1.29 is 9.90 Å². The van der Waals surface area contributed by atoms with Crippen LogP contribution >= 0.6 is 0 Å². The van der Waals surface area contributed by atoms with Crippen LogP contribution in [0.2, 0.25) is 0 Å². The van der Waals surface area contributed by atoms with Crippen LogP contribution in [0.15, 0.2) is 53.3 Å². The van der Waals surface area contributed by atoms with Gasteiger partial charge in [0.1, 0.15) is 12.4 Å². The lowest BCUT2D eigenvalue weighted by molar-refractivity contribution is -0.137. The predicted molar refractivity (Wildman–Crippen MR) is 119 cm³/mol. The fourth-order valence-corrected chi connectivity index (χ4v) is 3.65. The van der Waals surface area contributed by atoms with E-state index < -0.39 is 12.5 Å². The Hall–Kier alpha value is -3.72. The van der Waals surface area contributed by atoms with E-state index in [0.29, 0.717) is 29.8 Å². The molecule has 0 saturated carbocycles. The molecule has 1 N–H and O–H groups in total. The number of aryl methyl sites for hydroxylation is 2. The van der Waals surface area contributed by atoms with Crippen LogP contribution in [0.25, 0.3) is 11.1 Å². The number of aromatic nitrogens is 2. The highest BCUT2D eigenvalue weighted by Crippen LogP contribution is 2.24. The minimum Gasteiger partial charge on any atom is -0.480 e. The van der Waals surface area contributed by atoms with Crippen LogP contribution in [0.3, 0.4) is 0 Å². The zero-order chi connectivity index (χ0) is 22.4. The number of carboxylic acid groups (broad SMARTS) is 1. The molecule has 0 spiro atoms. The molecule has 0 aliphatic carbocycles. The van der Waals surface area contributed by atoms with E-state index in [4.69, 9.17) is 0 Å². The van der Waals surface area contributed by atoms with Gasteiger partial charge in [0, 0.05) is 12.0 Å². The second kappa shape index (κ2) is 9.86. The average Bonchev–Trinajstić information content (AvgIpc) is 2.77. The molecule has 1 heterocycles. The quantitative estimate of drug-likeness (QED) is 0.597. The van der Waals surface area contributed by atoms with Gasteiger partial charge in [-0.15, -0.1) is 0 Å². The molecule has 0 aliphatic heterocycles. The zero-order valence-electron chi connectivity index (χ0n) is 17.8. The molecule has 158 valence electrons. The lowest BCUT2D eigenvalue weighted by Crippen LogP contribution is -2.31. The fourth-order valence-electron chi connectivity index (χ4n) is 3.65. The van der Waals surface area contributed by atoms with Gasteiger partial charge in [-0.1, -0.05) is 55.8 Å². The van der Waals surface area contributed by atoms with E-state index in [1.54, 1.807) is 13.0 Å². The predicted octanol–water partition coefficient (Wildman–Crippen LogP) is 4.11. The van der Waals surface area contributed by atoms with Gasteiger partial charge in [0.05, 0.1) is 17.3 Å². The Morgan fingerprint density at radius 1 is 1.16 bits per heavy atom. The SMILES string of the molecule is CCCCc1nc(C)n(CC(=O)O)c(=O)c1Cc1ccc(-c2ccccc2C#N)cc1. The van der Waals surface area contributed by atoms with Crippen LogP contribution in [0.4, 0.5) is 0 Å². The highest BCUT2D eigenvalue weighted by atomic mass is 16.4. The van der Waals surface area contributed by atoms with E-state index in [2.05, 4.69) is 18.0 Å². The summed E-state index contributed by atoms with van der Waals surface area (Å²) in [5.41, 5.74) is 4.32. The van der Waals surface area contributed by atoms with Crippen molar-refractivity contribution in [2.45, 2.75) is 46.1 Å². The maximum atomic E-state index is 13.1. The summed E-state index contributed by atoms with van der Waals surface area (Å²) < 4.78 is 1.23. The standard InChI is InChI=1S/C25H25N3O3/c1-3-4-9-23-22(25(31)28(16-24(29)30)17(2)27-23)14-18-10-12-19(13-11-18)21-8-6-5-7-20(21)15-26/h5-8,10-13H,3-4,9,14,16H2,1-2H3,(H,29,30). The number of unbranched alkanes of at least 4 members (excludes halogenated alkanes) is 1. The lowest BCUT2D eigenvalue weighted by atomic mass is 9.97. The van der Waals surface area contributed by atoms with Crippen LogP contribution in [0.5, 0.6) is 0 Å². The van der Waals surface area contributed by atoms with Gasteiger partial charge in [0.25, 0.3) is 5.56 Å². The van der Waals surface area contributed by atoms with Crippen LogP contribution < -0.4 is 5.56 Å². The van der Waals surface area contributed by atoms with Crippen molar-refractivity contribution in [2.75, 3.05) is 0 Å². The van der Waals surface area contributed by atoms with Crippen molar-refractivity contribution in [3.8, 4) is 17.2 Å². The molecular weight excluding hydrogens is 390 g/mol. The third-order valence-electron chi connectivity index (χ3n) is 5.29. The molecule has 0 atom stereocenters. The molecule has 2 aromatic carbocycles. The summed E-state index contributed by atoms with van der Waals surface area (Å²) in [6, 6.07) is 17.4. The third kappa shape index (κ3) is 5.07. The molecular formula is C25H25N3O3. The summed E-state index contributed by atoms with van der Waals surface area (Å²) in [5.74, 6) is -0.648. The highest BCUT2D eigenvalue weighted by Gasteiger charge is 2.17. The third-order valence-corrected chi connectivity index (χ3v) is 5.29. The maximum Gasteiger partial charge on any atom is 0.323 e. The average molecular weight is 415 g/mol. The number of nitriles is 1. The smallest absolute Gasteiger partial charge is 0.323 e. The minimum absolute atomic E-state index is 0.292. The molecule has 0 saturated heterocycles. The fraction of sp³-hybridized carbons (Fsp3) is 0.280. The van der Waals surface area contributed by atoms with E-state index in [0.717, 1.165) is 35.2 Å². The number of aliphatic carboxylic acids is 1. The van der Waals surface area contributed by atoms with Crippen LogP contribution in [0.1, 0.15) is 48.0 Å². The van der Waals surface area contributed by atoms with E-state index in [1.807, 2.05) is 42.5 Å². The number of benzene rings is 2. The molecule has 3 rings (SSSR count). The first-order valence-electron chi connectivity index (χ1n) is 10.3. The second-order valence-electron chi connectivity index (χ2n) is 7.50. The summed E-state index contributed by atoms with van der Waals surface area (Å²) in [4.78, 5) is 28.9. The molecule has 0 radical (unpaired) electrons. The summed E-state index contributed by atoms with van der Waals surface area (Å²) >= 11 is 0. The molecule has 6 heteroatoms. The van der Waals surface area contributed by atoms with Crippen molar-refractivity contribution in [3.05, 3.63) is 87.1 Å². The van der Waals surface area contributed by atoms with Gasteiger partial charge in [-0.25, -0.2) is 4.98 Å².